The van der Waals surface area contributed by atoms with Crippen molar-refractivity contribution in [2.24, 2.45) is 5.73 Å². The van der Waals surface area contributed by atoms with E-state index in [0.29, 0.717) is 0 Å². The zero-order valence-corrected chi connectivity index (χ0v) is 10.1. The van der Waals surface area contributed by atoms with Crippen LogP contribution in [0.25, 0.3) is 0 Å². The number of hydrogen-bond donors (Lipinski definition) is 1. The molecule has 0 aliphatic heterocycles. The largest absolute Gasteiger partial charge is 0.376 e. The second-order valence-electron chi connectivity index (χ2n) is 4.34. The molecule has 4 nitrogen and oxygen atoms in total. The van der Waals surface area contributed by atoms with E-state index in [2.05, 4.69) is 0 Å². The van der Waals surface area contributed by atoms with E-state index < -0.39 is 9.84 Å². The number of rotatable bonds is 4. The Kier molecular flexibility index (Phi) is 5.02. The molecular formula is C10H21NO3S. The molecule has 1 aliphatic rings. The highest BCUT2D eigenvalue weighted by atomic mass is 32.2. The van der Waals surface area contributed by atoms with Gasteiger partial charge in [-0.2, -0.15) is 0 Å². The molecule has 5 heteroatoms. The molecule has 0 amide bonds. The Labute approximate surface area is 92.1 Å². The fourth-order valence-electron chi connectivity index (χ4n) is 1.86. The minimum atomic E-state index is -2.92. The van der Waals surface area contributed by atoms with Crippen molar-refractivity contribution in [1.29, 1.82) is 0 Å². The minimum absolute atomic E-state index is 0.0502. The van der Waals surface area contributed by atoms with Crippen LogP contribution in [0.5, 0.6) is 0 Å². The minimum Gasteiger partial charge on any atom is -0.376 e. The van der Waals surface area contributed by atoms with Crippen molar-refractivity contribution in [2.75, 3.05) is 18.6 Å². The predicted octanol–water partition coefficient (Wildman–Crippen LogP) is 0.708. The van der Waals surface area contributed by atoms with E-state index in [1.165, 1.54) is 12.7 Å². The molecule has 1 rings (SSSR count). The van der Waals surface area contributed by atoms with Gasteiger partial charge in [-0.1, -0.05) is 19.3 Å². The smallest absolute Gasteiger partial charge is 0.149 e. The lowest BCUT2D eigenvalue weighted by molar-refractivity contribution is 0.0410. The second kappa shape index (κ2) is 5.82. The summed E-state index contributed by atoms with van der Waals surface area (Å²) in [7, 11) is -2.92. The Morgan fingerprint density at radius 3 is 2.60 bits per heavy atom. The van der Waals surface area contributed by atoms with Crippen molar-refractivity contribution >= 4 is 9.84 Å². The lowest BCUT2D eigenvalue weighted by Gasteiger charge is -2.21. The van der Waals surface area contributed by atoms with Crippen LogP contribution >= 0.6 is 0 Å². The van der Waals surface area contributed by atoms with Gasteiger partial charge in [-0.05, 0) is 12.8 Å². The first-order chi connectivity index (χ1) is 6.99. The van der Waals surface area contributed by atoms with Gasteiger partial charge in [0.1, 0.15) is 9.84 Å². The molecule has 90 valence electrons. The van der Waals surface area contributed by atoms with Crippen molar-refractivity contribution in [1.82, 2.24) is 0 Å². The van der Waals surface area contributed by atoms with Gasteiger partial charge in [-0.15, -0.1) is 0 Å². The van der Waals surface area contributed by atoms with Crippen molar-refractivity contribution in [3.05, 3.63) is 0 Å². The zero-order valence-electron chi connectivity index (χ0n) is 9.31. The molecule has 0 spiro atoms. The molecule has 1 fully saturated rings. The lowest BCUT2D eigenvalue weighted by Crippen LogP contribution is -2.36. The summed E-state index contributed by atoms with van der Waals surface area (Å²) in [5, 5.41) is 0. The van der Waals surface area contributed by atoms with Gasteiger partial charge >= 0.3 is 0 Å². The fraction of sp³-hybridized carbons (Fsp3) is 1.00. The molecule has 15 heavy (non-hydrogen) atoms. The quantitative estimate of drug-likeness (QED) is 0.729. The average Bonchev–Trinajstić information content (AvgIpc) is 2.30. The van der Waals surface area contributed by atoms with Crippen molar-refractivity contribution in [3.8, 4) is 0 Å². The number of sulfone groups is 1. The summed E-state index contributed by atoms with van der Waals surface area (Å²) >= 11 is 0. The van der Waals surface area contributed by atoms with Gasteiger partial charge in [0.15, 0.2) is 0 Å². The first-order valence-corrected chi connectivity index (χ1v) is 7.60. The van der Waals surface area contributed by atoms with Crippen LogP contribution < -0.4 is 5.73 Å². The van der Waals surface area contributed by atoms with Crippen LogP contribution in [0.1, 0.15) is 32.1 Å². The highest BCUT2D eigenvalue weighted by Gasteiger charge is 2.21. The normalized spacial score (nSPS) is 28.7. The van der Waals surface area contributed by atoms with Crippen LogP contribution in [0.2, 0.25) is 0 Å². The highest BCUT2D eigenvalue weighted by Crippen LogP contribution is 2.19. The van der Waals surface area contributed by atoms with E-state index in [1.807, 2.05) is 0 Å². The summed E-state index contributed by atoms with van der Waals surface area (Å²) in [6, 6.07) is 0.0760. The average molecular weight is 235 g/mol. The van der Waals surface area contributed by atoms with Gasteiger partial charge in [0.2, 0.25) is 0 Å². The molecule has 0 bridgehead atoms. The third-order valence-corrected chi connectivity index (χ3v) is 3.70. The highest BCUT2D eigenvalue weighted by molar-refractivity contribution is 7.90. The van der Waals surface area contributed by atoms with Crippen LogP contribution in [0.15, 0.2) is 0 Å². The van der Waals surface area contributed by atoms with Gasteiger partial charge in [-0.3, -0.25) is 0 Å². The predicted molar refractivity (Wildman–Crippen MR) is 60.5 cm³/mol. The number of ether oxygens (including phenoxy) is 1. The molecule has 0 saturated heterocycles. The second-order valence-corrected chi connectivity index (χ2v) is 6.60. The molecular weight excluding hydrogens is 214 g/mol. The standard InChI is InChI=1S/C10H21NO3S/c1-15(12,13)8-7-14-10-6-4-2-3-5-9(10)11/h9-10H,2-8,11H2,1H3. The Morgan fingerprint density at radius 1 is 1.27 bits per heavy atom. The van der Waals surface area contributed by atoms with E-state index in [-0.39, 0.29) is 24.5 Å². The van der Waals surface area contributed by atoms with Gasteiger partial charge in [0.05, 0.1) is 18.5 Å². The summed E-state index contributed by atoms with van der Waals surface area (Å²) in [6.07, 6.45) is 6.73. The Morgan fingerprint density at radius 2 is 1.93 bits per heavy atom. The molecule has 0 radical (unpaired) electrons. The van der Waals surface area contributed by atoms with Gasteiger partial charge in [0.25, 0.3) is 0 Å². The molecule has 0 aromatic heterocycles. The molecule has 0 aromatic carbocycles. The first-order valence-electron chi connectivity index (χ1n) is 5.54. The number of hydrogen-bond acceptors (Lipinski definition) is 4. The fourth-order valence-corrected chi connectivity index (χ4v) is 2.26. The molecule has 2 atom stereocenters. The van der Waals surface area contributed by atoms with E-state index >= 15 is 0 Å². The van der Waals surface area contributed by atoms with Crippen molar-refractivity contribution in [3.63, 3.8) is 0 Å². The monoisotopic (exact) mass is 235 g/mol. The van der Waals surface area contributed by atoms with E-state index in [1.54, 1.807) is 0 Å². The SMILES string of the molecule is CS(=O)(=O)CCOC1CCCCCC1N. The molecule has 0 heterocycles. The molecule has 2 N–H and O–H groups in total. The summed E-state index contributed by atoms with van der Waals surface area (Å²) in [4.78, 5) is 0. The molecule has 1 aliphatic carbocycles. The summed E-state index contributed by atoms with van der Waals surface area (Å²) in [6.45, 7) is 0.275. The maximum atomic E-state index is 10.9. The van der Waals surface area contributed by atoms with E-state index in [0.717, 1.165) is 25.7 Å². The maximum Gasteiger partial charge on any atom is 0.149 e. The Balaban J connectivity index is 2.29. The topological polar surface area (TPSA) is 69.4 Å². The lowest BCUT2D eigenvalue weighted by atomic mass is 10.1. The van der Waals surface area contributed by atoms with E-state index in [9.17, 15) is 8.42 Å². The summed E-state index contributed by atoms with van der Waals surface area (Å²) in [5.74, 6) is 0.0935. The van der Waals surface area contributed by atoms with Crippen LogP contribution in [0, 0.1) is 0 Å². The van der Waals surface area contributed by atoms with Gasteiger partial charge < -0.3 is 10.5 Å². The first kappa shape index (κ1) is 12.9. The van der Waals surface area contributed by atoms with Crippen LogP contribution in [0.4, 0.5) is 0 Å². The van der Waals surface area contributed by atoms with Gasteiger partial charge in [0, 0.05) is 12.3 Å². The molecule has 0 aromatic rings. The zero-order chi connectivity index (χ0) is 11.3. The van der Waals surface area contributed by atoms with E-state index in [4.69, 9.17) is 10.5 Å². The maximum absolute atomic E-state index is 10.9. The summed E-state index contributed by atoms with van der Waals surface area (Å²) in [5.41, 5.74) is 5.95. The van der Waals surface area contributed by atoms with Gasteiger partial charge in [-0.25, -0.2) is 8.42 Å². The Hall–Kier alpha value is -0.130. The Bertz CT molecular complexity index is 276. The van der Waals surface area contributed by atoms with Crippen molar-refractivity contribution in [2.45, 2.75) is 44.2 Å². The summed E-state index contributed by atoms with van der Waals surface area (Å²) < 4.78 is 27.4. The van der Waals surface area contributed by atoms with Crippen molar-refractivity contribution < 1.29 is 13.2 Å². The van der Waals surface area contributed by atoms with Crippen LogP contribution in [0.3, 0.4) is 0 Å². The van der Waals surface area contributed by atoms with Crippen LogP contribution in [-0.4, -0.2) is 39.2 Å². The third kappa shape index (κ3) is 5.49. The third-order valence-electron chi connectivity index (χ3n) is 2.79. The number of nitrogens with two attached hydrogens (primary N) is 1. The molecule has 1 saturated carbocycles. The van der Waals surface area contributed by atoms with Crippen LogP contribution in [-0.2, 0) is 14.6 Å². The molecule has 2 unspecified atom stereocenters.